The smallest absolute Gasteiger partial charge is 0.0400 e. The van der Waals surface area contributed by atoms with Crippen LogP contribution in [0.3, 0.4) is 0 Å². The lowest BCUT2D eigenvalue weighted by molar-refractivity contribution is 1.10. The lowest BCUT2D eigenvalue weighted by atomic mass is 10.1. The van der Waals surface area contributed by atoms with Gasteiger partial charge in [-0.25, -0.2) is 0 Å². The monoisotopic (exact) mass is 266 g/mol. The molecule has 2 aromatic rings. The predicted octanol–water partition coefficient (Wildman–Crippen LogP) is 4.24. The topological polar surface area (TPSA) is 15.3 Å². The van der Waals surface area contributed by atoms with Gasteiger partial charge in [0.2, 0.25) is 0 Å². The minimum absolute atomic E-state index is 0.843. The molecule has 0 heterocycles. The molecule has 1 aliphatic carbocycles. The Kier molecular flexibility index (Phi) is 3.64. The molecule has 104 valence electrons. The van der Waals surface area contributed by atoms with Crippen molar-refractivity contribution in [2.75, 3.05) is 24.3 Å². The van der Waals surface area contributed by atoms with Gasteiger partial charge in [-0.1, -0.05) is 24.3 Å². The fourth-order valence-corrected chi connectivity index (χ4v) is 2.41. The Balaban J connectivity index is 1.58. The van der Waals surface area contributed by atoms with E-state index in [-0.39, 0.29) is 0 Å². The summed E-state index contributed by atoms with van der Waals surface area (Å²) in [6.45, 7) is 0.881. The highest BCUT2D eigenvalue weighted by Crippen LogP contribution is 2.39. The third kappa shape index (κ3) is 3.13. The van der Waals surface area contributed by atoms with Crippen molar-refractivity contribution in [3.8, 4) is 0 Å². The summed E-state index contributed by atoms with van der Waals surface area (Å²) in [5.74, 6) is 0.843. The lowest BCUT2D eigenvalue weighted by Crippen LogP contribution is -2.08. The highest BCUT2D eigenvalue weighted by molar-refractivity contribution is 5.54. The van der Waals surface area contributed by atoms with Gasteiger partial charge in [0, 0.05) is 32.0 Å². The van der Waals surface area contributed by atoms with Crippen LogP contribution in [0.15, 0.2) is 48.5 Å². The van der Waals surface area contributed by atoms with Crippen molar-refractivity contribution in [1.29, 1.82) is 0 Å². The van der Waals surface area contributed by atoms with E-state index in [0.29, 0.717) is 0 Å². The maximum atomic E-state index is 3.47. The highest BCUT2D eigenvalue weighted by Gasteiger charge is 2.22. The predicted molar refractivity (Wildman–Crippen MR) is 86.5 cm³/mol. The molecule has 0 atom stereocenters. The number of anilines is 2. The van der Waals surface area contributed by atoms with Gasteiger partial charge in [0.1, 0.15) is 0 Å². The van der Waals surface area contributed by atoms with Crippen LogP contribution in [0.2, 0.25) is 0 Å². The van der Waals surface area contributed by atoms with Crippen LogP contribution < -0.4 is 10.2 Å². The zero-order valence-electron chi connectivity index (χ0n) is 12.3. The van der Waals surface area contributed by atoms with E-state index in [1.165, 1.54) is 35.3 Å². The Bertz CT molecular complexity index is 505. The summed E-state index contributed by atoms with van der Waals surface area (Å²) < 4.78 is 0. The Hall–Kier alpha value is -1.96. The summed E-state index contributed by atoms with van der Waals surface area (Å²) >= 11 is 0. The fourth-order valence-electron chi connectivity index (χ4n) is 2.41. The first-order valence-corrected chi connectivity index (χ1v) is 7.32. The van der Waals surface area contributed by atoms with Crippen LogP contribution in [-0.4, -0.2) is 14.1 Å². The summed E-state index contributed by atoms with van der Waals surface area (Å²) in [4.78, 5) is 2.11. The standard InChI is InChI=1S/C18H22N2/c1-20(2)18-11-9-17(10-12-18)19-13-14-3-5-15(6-4-14)16-7-8-16/h3-6,9-12,16,19H,7-8,13H2,1-2H3. The van der Waals surface area contributed by atoms with Crippen molar-refractivity contribution in [3.63, 3.8) is 0 Å². The maximum Gasteiger partial charge on any atom is 0.0400 e. The second-order valence-corrected chi connectivity index (χ2v) is 5.81. The average Bonchev–Trinajstić information content (AvgIpc) is 3.31. The normalized spacial score (nSPS) is 14.1. The molecule has 0 radical (unpaired) electrons. The second-order valence-electron chi connectivity index (χ2n) is 5.81. The Labute approximate surface area is 121 Å². The van der Waals surface area contributed by atoms with E-state index in [9.17, 15) is 0 Å². The van der Waals surface area contributed by atoms with Gasteiger partial charge in [0.25, 0.3) is 0 Å². The van der Waals surface area contributed by atoms with Crippen molar-refractivity contribution in [2.24, 2.45) is 0 Å². The van der Waals surface area contributed by atoms with Crippen LogP contribution >= 0.6 is 0 Å². The van der Waals surface area contributed by atoms with E-state index in [4.69, 9.17) is 0 Å². The van der Waals surface area contributed by atoms with Crippen molar-refractivity contribution in [1.82, 2.24) is 0 Å². The molecular formula is C18H22N2. The van der Waals surface area contributed by atoms with Gasteiger partial charge in [-0.2, -0.15) is 0 Å². The van der Waals surface area contributed by atoms with Crippen molar-refractivity contribution >= 4 is 11.4 Å². The van der Waals surface area contributed by atoms with E-state index in [1.54, 1.807) is 0 Å². The first-order valence-electron chi connectivity index (χ1n) is 7.32. The molecule has 0 amide bonds. The van der Waals surface area contributed by atoms with Crippen LogP contribution in [0, 0.1) is 0 Å². The summed E-state index contributed by atoms with van der Waals surface area (Å²) in [7, 11) is 4.12. The first kappa shape index (κ1) is 13.0. The van der Waals surface area contributed by atoms with Crippen LogP contribution in [0.4, 0.5) is 11.4 Å². The van der Waals surface area contributed by atoms with E-state index in [1.807, 2.05) is 0 Å². The minimum atomic E-state index is 0.843. The third-order valence-corrected chi connectivity index (χ3v) is 3.91. The van der Waals surface area contributed by atoms with Crippen molar-refractivity contribution in [2.45, 2.75) is 25.3 Å². The molecule has 0 saturated heterocycles. The van der Waals surface area contributed by atoms with Gasteiger partial charge in [-0.3, -0.25) is 0 Å². The number of nitrogens with one attached hydrogen (secondary N) is 1. The van der Waals surface area contributed by atoms with E-state index in [0.717, 1.165) is 12.5 Å². The van der Waals surface area contributed by atoms with Crippen molar-refractivity contribution < 1.29 is 0 Å². The molecule has 0 spiro atoms. The Morgan fingerprint density at radius 2 is 1.60 bits per heavy atom. The molecule has 20 heavy (non-hydrogen) atoms. The molecule has 2 heteroatoms. The number of rotatable bonds is 5. The molecule has 1 aliphatic rings. The van der Waals surface area contributed by atoms with Gasteiger partial charge in [0.05, 0.1) is 0 Å². The summed E-state index contributed by atoms with van der Waals surface area (Å²) in [6, 6.07) is 17.6. The van der Waals surface area contributed by atoms with Gasteiger partial charge in [-0.15, -0.1) is 0 Å². The molecule has 2 aromatic carbocycles. The number of hydrogen-bond donors (Lipinski definition) is 1. The molecule has 1 N–H and O–H groups in total. The SMILES string of the molecule is CN(C)c1ccc(NCc2ccc(C3CC3)cc2)cc1. The van der Waals surface area contributed by atoms with Crippen LogP contribution in [0.1, 0.15) is 29.9 Å². The van der Waals surface area contributed by atoms with E-state index < -0.39 is 0 Å². The lowest BCUT2D eigenvalue weighted by Gasteiger charge is -2.13. The Morgan fingerprint density at radius 3 is 2.15 bits per heavy atom. The molecule has 0 bridgehead atoms. The van der Waals surface area contributed by atoms with Gasteiger partial charge in [-0.05, 0) is 54.2 Å². The Morgan fingerprint density at radius 1 is 0.950 bits per heavy atom. The van der Waals surface area contributed by atoms with Gasteiger partial charge >= 0.3 is 0 Å². The molecular weight excluding hydrogens is 244 g/mol. The number of hydrogen-bond acceptors (Lipinski definition) is 2. The summed E-state index contributed by atoms with van der Waals surface area (Å²) in [6.07, 6.45) is 2.74. The quantitative estimate of drug-likeness (QED) is 0.870. The van der Waals surface area contributed by atoms with Crippen LogP contribution in [0.5, 0.6) is 0 Å². The molecule has 1 saturated carbocycles. The zero-order chi connectivity index (χ0) is 13.9. The molecule has 0 unspecified atom stereocenters. The molecule has 0 aromatic heterocycles. The molecule has 0 aliphatic heterocycles. The average molecular weight is 266 g/mol. The molecule has 3 rings (SSSR count). The second kappa shape index (κ2) is 5.58. The molecule has 1 fully saturated rings. The summed E-state index contributed by atoms with van der Waals surface area (Å²) in [5, 5.41) is 3.47. The van der Waals surface area contributed by atoms with Crippen LogP contribution in [-0.2, 0) is 6.54 Å². The van der Waals surface area contributed by atoms with E-state index in [2.05, 4.69) is 72.8 Å². The molecule has 2 nitrogen and oxygen atoms in total. The van der Waals surface area contributed by atoms with E-state index >= 15 is 0 Å². The van der Waals surface area contributed by atoms with Crippen LogP contribution in [0.25, 0.3) is 0 Å². The van der Waals surface area contributed by atoms with Gasteiger partial charge < -0.3 is 10.2 Å². The van der Waals surface area contributed by atoms with Crippen molar-refractivity contribution in [3.05, 3.63) is 59.7 Å². The maximum absolute atomic E-state index is 3.47. The largest absolute Gasteiger partial charge is 0.381 e. The minimum Gasteiger partial charge on any atom is -0.381 e. The number of benzene rings is 2. The third-order valence-electron chi connectivity index (χ3n) is 3.91. The summed E-state index contributed by atoms with van der Waals surface area (Å²) in [5.41, 5.74) is 5.24. The van der Waals surface area contributed by atoms with Gasteiger partial charge in [0.15, 0.2) is 0 Å². The highest BCUT2D eigenvalue weighted by atomic mass is 15.1. The zero-order valence-corrected chi connectivity index (χ0v) is 12.3. The first-order chi connectivity index (χ1) is 9.72. The fraction of sp³-hybridized carbons (Fsp3) is 0.333. The number of nitrogens with zero attached hydrogens (tertiary/aromatic N) is 1.